The third-order valence-corrected chi connectivity index (χ3v) is 2.10. The van der Waals surface area contributed by atoms with Gasteiger partial charge >= 0.3 is 5.97 Å². The van der Waals surface area contributed by atoms with Gasteiger partial charge in [0, 0.05) is 13.3 Å². The number of unbranched alkanes of at least 4 members (excludes halogenated alkanes) is 5. The Morgan fingerprint density at radius 2 is 1.71 bits per heavy atom. The zero-order chi connectivity index (χ0) is 10.8. The molecule has 0 fully saturated rings. The van der Waals surface area contributed by atoms with Gasteiger partial charge in [0.2, 0.25) is 0 Å². The van der Waals surface area contributed by atoms with Crippen LogP contribution < -0.4 is 0 Å². The molecule has 0 amide bonds. The summed E-state index contributed by atoms with van der Waals surface area (Å²) in [6.07, 6.45) is 8.30. The second kappa shape index (κ2) is 8.79. The van der Waals surface area contributed by atoms with E-state index in [1.54, 1.807) is 0 Å². The van der Waals surface area contributed by atoms with Crippen LogP contribution in [0.5, 0.6) is 0 Å². The minimum Gasteiger partial charge on any atom is -0.432 e. The Morgan fingerprint density at radius 3 is 2.29 bits per heavy atom. The fourth-order valence-electron chi connectivity index (χ4n) is 1.36. The summed E-state index contributed by atoms with van der Waals surface area (Å²) in [5, 5.41) is 0. The van der Waals surface area contributed by atoms with E-state index in [0.29, 0.717) is 5.76 Å². The summed E-state index contributed by atoms with van der Waals surface area (Å²) in [5.74, 6) is 0.342. The lowest BCUT2D eigenvalue weighted by Crippen LogP contribution is -1.97. The average molecular weight is 198 g/mol. The van der Waals surface area contributed by atoms with Gasteiger partial charge < -0.3 is 4.74 Å². The summed E-state index contributed by atoms with van der Waals surface area (Å²) in [5.41, 5.74) is 0. The number of carbonyl (C=O) groups is 1. The SMILES string of the molecule is C=C(CCCCCCCC)OC(C)=O. The van der Waals surface area contributed by atoms with Crippen molar-refractivity contribution in [2.45, 2.75) is 58.8 Å². The second-order valence-electron chi connectivity index (χ2n) is 3.65. The van der Waals surface area contributed by atoms with E-state index in [1.165, 1.54) is 39.0 Å². The number of hydrogen-bond donors (Lipinski definition) is 0. The highest BCUT2D eigenvalue weighted by Gasteiger charge is 1.98. The van der Waals surface area contributed by atoms with Crippen molar-refractivity contribution in [1.82, 2.24) is 0 Å². The molecule has 0 rings (SSSR count). The summed E-state index contributed by atoms with van der Waals surface area (Å²) in [7, 11) is 0. The molecule has 0 atom stereocenters. The van der Waals surface area contributed by atoms with Crippen molar-refractivity contribution in [3.63, 3.8) is 0 Å². The first-order valence-electron chi connectivity index (χ1n) is 5.53. The van der Waals surface area contributed by atoms with Crippen molar-refractivity contribution in [2.24, 2.45) is 0 Å². The Hall–Kier alpha value is -0.790. The van der Waals surface area contributed by atoms with Crippen molar-refractivity contribution in [3.8, 4) is 0 Å². The molecule has 82 valence electrons. The molecular formula is C12H22O2. The van der Waals surface area contributed by atoms with Crippen LogP contribution in [0.15, 0.2) is 12.3 Å². The van der Waals surface area contributed by atoms with Crippen molar-refractivity contribution in [3.05, 3.63) is 12.3 Å². The molecule has 2 nitrogen and oxygen atoms in total. The molecule has 0 bridgehead atoms. The number of allylic oxidation sites excluding steroid dienone is 1. The van der Waals surface area contributed by atoms with Crippen LogP contribution in [-0.4, -0.2) is 5.97 Å². The predicted molar refractivity (Wildman–Crippen MR) is 58.9 cm³/mol. The maximum absolute atomic E-state index is 10.5. The molecule has 0 saturated heterocycles. The topological polar surface area (TPSA) is 26.3 Å². The first-order valence-corrected chi connectivity index (χ1v) is 5.53. The number of ether oxygens (including phenoxy) is 1. The van der Waals surface area contributed by atoms with Gasteiger partial charge in [0.15, 0.2) is 0 Å². The third-order valence-electron chi connectivity index (χ3n) is 2.10. The molecule has 0 heterocycles. The molecule has 0 spiro atoms. The molecular weight excluding hydrogens is 176 g/mol. The summed E-state index contributed by atoms with van der Waals surface area (Å²) >= 11 is 0. The van der Waals surface area contributed by atoms with Gasteiger partial charge in [-0.3, -0.25) is 4.79 Å². The standard InChI is InChI=1S/C12H22O2/c1-4-5-6-7-8-9-10-11(2)14-12(3)13/h2,4-10H2,1,3H3. The molecule has 0 aromatic rings. The average Bonchev–Trinajstić information content (AvgIpc) is 2.10. The van der Waals surface area contributed by atoms with Gasteiger partial charge in [-0.2, -0.15) is 0 Å². The highest BCUT2D eigenvalue weighted by atomic mass is 16.5. The van der Waals surface area contributed by atoms with Crippen LogP contribution >= 0.6 is 0 Å². The van der Waals surface area contributed by atoms with Crippen LogP contribution in [0.3, 0.4) is 0 Å². The van der Waals surface area contributed by atoms with Crippen LogP contribution in [0.25, 0.3) is 0 Å². The summed E-state index contributed by atoms with van der Waals surface area (Å²) in [6.45, 7) is 7.31. The van der Waals surface area contributed by atoms with E-state index in [4.69, 9.17) is 4.74 Å². The normalized spacial score (nSPS) is 9.86. The fourth-order valence-corrected chi connectivity index (χ4v) is 1.36. The van der Waals surface area contributed by atoms with Gasteiger partial charge in [-0.25, -0.2) is 0 Å². The quantitative estimate of drug-likeness (QED) is 0.337. The van der Waals surface area contributed by atoms with Crippen molar-refractivity contribution in [2.75, 3.05) is 0 Å². The van der Waals surface area contributed by atoms with Gasteiger partial charge in [-0.05, 0) is 6.42 Å². The molecule has 14 heavy (non-hydrogen) atoms. The maximum atomic E-state index is 10.5. The van der Waals surface area contributed by atoms with Crippen LogP contribution in [0, 0.1) is 0 Å². The Bertz CT molecular complexity index is 173. The lowest BCUT2D eigenvalue weighted by molar-refractivity contribution is -0.137. The molecule has 0 unspecified atom stereocenters. The zero-order valence-electron chi connectivity index (χ0n) is 9.47. The highest BCUT2D eigenvalue weighted by Crippen LogP contribution is 2.11. The Kier molecular flexibility index (Phi) is 8.30. The molecule has 0 aliphatic rings. The molecule has 0 aromatic heterocycles. The minimum atomic E-state index is -0.263. The maximum Gasteiger partial charge on any atom is 0.307 e. The molecule has 0 aliphatic heterocycles. The van der Waals surface area contributed by atoms with Gasteiger partial charge in [-0.15, -0.1) is 0 Å². The Morgan fingerprint density at radius 1 is 1.14 bits per heavy atom. The van der Waals surface area contributed by atoms with E-state index < -0.39 is 0 Å². The van der Waals surface area contributed by atoms with Crippen molar-refractivity contribution < 1.29 is 9.53 Å². The van der Waals surface area contributed by atoms with E-state index in [1.807, 2.05) is 0 Å². The van der Waals surface area contributed by atoms with Crippen molar-refractivity contribution in [1.29, 1.82) is 0 Å². The van der Waals surface area contributed by atoms with E-state index in [-0.39, 0.29) is 5.97 Å². The molecule has 0 radical (unpaired) electrons. The van der Waals surface area contributed by atoms with Gasteiger partial charge in [-0.1, -0.05) is 45.6 Å². The van der Waals surface area contributed by atoms with E-state index in [2.05, 4.69) is 13.5 Å². The molecule has 0 N–H and O–H groups in total. The van der Waals surface area contributed by atoms with Crippen LogP contribution in [0.1, 0.15) is 58.8 Å². The molecule has 0 aromatic carbocycles. The Labute approximate surface area is 87.3 Å². The smallest absolute Gasteiger partial charge is 0.307 e. The number of rotatable bonds is 8. The minimum absolute atomic E-state index is 0.263. The van der Waals surface area contributed by atoms with Crippen LogP contribution in [0.4, 0.5) is 0 Å². The van der Waals surface area contributed by atoms with E-state index >= 15 is 0 Å². The lowest BCUT2D eigenvalue weighted by Gasteiger charge is -2.04. The molecule has 0 saturated carbocycles. The fraction of sp³-hybridized carbons (Fsp3) is 0.750. The highest BCUT2D eigenvalue weighted by molar-refractivity contribution is 5.67. The van der Waals surface area contributed by atoms with E-state index in [9.17, 15) is 4.79 Å². The zero-order valence-corrected chi connectivity index (χ0v) is 9.47. The predicted octanol–water partition coefficient (Wildman–Crippen LogP) is 3.81. The number of hydrogen-bond acceptors (Lipinski definition) is 2. The second-order valence-corrected chi connectivity index (χ2v) is 3.65. The summed E-state index contributed by atoms with van der Waals surface area (Å²) in [4.78, 5) is 10.5. The van der Waals surface area contributed by atoms with E-state index in [0.717, 1.165) is 12.8 Å². The first kappa shape index (κ1) is 13.2. The van der Waals surface area contributed by atoms with Gasteiger partial charge in [0.05, 0.1) is 0 Å². The number of esters is 1. The van der Waals surface area contributed by atoms with Crippen LogP contribution in [-0.2, 0) is 9.53 Å². The van der Waals surface area contributed by atoms with Crippen molar-refractivity contribution >= 4 is 5.97 Å². The van der Waals surface area contributed by atoms with Gasteiger partial charge in [0.25, 0.3) is 0 Å². The summed E-state index contributed by atoms with van der Waals surface area (Å²) < 4.78 is 4.84. The largest absolute Gasteiger partial charge is 0.432 e. The Balaban J connectivity index is 3.19. The third kappa shape index (κ3) is 9.30. The first-order chi connectivity index (χ1) is 6.66. The lowest BCUT2D eigenvalue weighted by atomic mass is 10.1. The van der Waals surface area contributed by atoms with Gasteiger partial charge in [0.1, 0.15) is 5.76 Å². The van der Waals surface area contributed by atoms with Crippen LogP contribution in [0.2, 0.25) is 0 Å². The monoisotopic (exact) mass is 198 g/mol. The number of carbonyl (C=O) groups excluding carboxylic acids is 1. The molecule has 2 heteroatoms. The molecule has 0 aliphatic carbocycles. The summed E-state index contributed by atoms with van der Waals surface area (Å²) in [6, 6.07) is 0.